The minimum Gasteiger partial charge on any atom is -0.356 e. The molecule has 2 rings (SSSR count). The van der Waals surface area contributed by atoms with Gasteiger partial charge < -0.3 is 16.0 Å². The predicted octanol–water partition coefficient (Wildman–Crippen LogP) is 2.99. The van der Waals surface area contributed by atoms with E-state index in [1.807, 2.05) is 17.5 Å². The summed E-state index contributed by atoms with van der Waals surface area (Å²) in [6.07, 6.45) is 0.776. The molecule has 0 fully saturated rings. The van der Waals surface area contributed by atoms with E-state index in [1.54, 1.807) is 19.2 Å². The molecule has 8 heteroatoms. The number of guanidine groups is 1. The molecule has 0 aliphatic rings. The molecule has 0 unspecified atom stereocenters. The standard InChI is InChI=1S/C17H21FN4OS.HI/c1-19-17(22-12-13-5-2-6-14(18)11-13)21-9-4-8-20-16(23)15-7-3-10-24-15;/h2-3,5-7,10-11H,4,8-9,12H2,1H3,(H,20,23)(H2,19,21,22);1H. The fraction of sp³-hybridized carbons (Fsp3) is 0.294. The number of benzene rings is 1. The maximum atomic E-state index is 13.1. The van der Waals surface area contributed by atoms with Crippen molar-refractivity contribution in [1.82, 2.24) is 16.0 Å². The van der Waals surface area contributed by atoms with Gasteiger partial charge in [0.15, 0.2) is 5.96 Å². The summed E-state index contributed by atoms with van der Waals surface area (Å²) in [5.41, 5.74) is 0.848. The molecule has 0 aliphatic carbocycles. The van der Waals surface area contributed by atoms with Gasteiger partial charge in [0.2, 0.25) is 0 Å². The van der Waals surface area contributed by atoms with E-state index in [4.69, 9.17) is 0 Å². The van der Waals surface area contributed by atoms with E-state index in [-0.39, 0.29) is 35.7 Å². The number of thiophene rings is 1. The third-order valence-corrected chi connectivity index (χ3v) is 4.12. The van der Waals surface area contributed by atoms with Gasteiger partial charge >= 0.3 is 0 Å². The zero-order chi connectivity index (χ0) is 17.2. The SMILES string of the molecule is CN=C(NCCCNC(=O)c1cccs1)NCc1cccc(F)c1.I. The van der Waals surface area contributed by atoms with Crippen molar-refractivity contribution in [2.24, 2.45) is 4.99 Å². The van der Waals surface area contributed by atoms with Gasteiger partial charge in [-0.1, -0.05) is 18.2 Å². The number of amides is 1. The third-order valence-electron chi connectivity index (χ3n) is 3.25. The molecule has 0 aliphatic heterocycles. The second-order valence-corrected chi connectivity index (χ2v) is 6.02. The molecule has 2 aromatic rings. The van der Waals surface area contributed by atoms with E-state index < -0.39 is 0 Å². The van der Waals surface area contributed by atoms with Crippen molar-refractivity contribution in [1.29, 1.82) is 0 Å². The van der Waals surface area contributed by atoms with Gasteiger partial charge in [0.1, 0.15) is 5.82 Å². The highest BCUT2D eigenvalue weighted by Crippen LogP contribution is 2.07. The Kier molecular flexibility index (Phi) is 10.1. The normalized spacial score (nSPS) is 10.7. The lowest BCUT2D eigenvalue weighted by Gasteiger charge is -2.12. The van der Waals surface area contributed by atoms with Gasteiger partial charge in [-0.05, 0) is 35.6 Å². The molecule has 0 atom stereocenters. The van der Waals surface area contributed by atoms with Crippen molar-refractivity contribution in [3.8, 4) is 0 Å². The number of halogens is 2. The number of hydrogen-bond acceptors (Lipinski definition) is 3. The van der Waals surface area contributed by atoms with E-state index in [0.29, 0.717) is 25.6 Å². The number of carbonyl (C=O) groups excluding carboxylic acids is 1. The molecule has 1 amide bonds. The van der Waals surface area contributed by atoms with E-state index in [1.165, 1.54) is 23.5 Å². The molecule has 0 bridgehead atoms. The van der Waals surface area contributed by atoms with Crippen LogP contribution in [0.25, 0.3) is 0 Å². The fourth-order valence-corrected chi connectivity index (χ4v) is 2.69. The van der Waals surface area contributed by atoms with Crippen molar-refractivity contribution in [3.05, 3.63) is 58.0 Å². The quantitative estimate of drug-likeness (QED) is 0.249. The van der Waals surface area contributed by atoms with E-state index in [9.17, 15) is 9.18 Å². The number of nitrogens with zero attached hydrogens (tertiary/aromatic N) is 1. The molecule has 25 heavy (non-hydrogen) atoms. The highest BCUT2D eigenvalue weighted by molar-refractivity contribution is 14.0. The van der Waals surface area contributed by atoms with Crippen LogP contribution in [0.4, 0.5) is 4.39 Å². The Hall–Kier alpha value is -1.68. The lowest BCUT2D eigenvalue weighted by atomic mass is 10.2. The number of nitrogens with one attached hydrogen (secondary N) is 3. The van der Waals surface area contributed by atoms with Gasteiger partial charge in [-0.15, -0.1) is 35.3 Å². The van der Waals surface area contributed by atoms with Gasteiger partial charge in [0.05, 0.1) is 4.88 Å². The lowest BCUT2D eigenvalue weighted by molar-refractivity contribution is 0.0957. The lowest BCUT2D eigenvalue weighted by Crippen LogP contribution is -2.38. The maximum absolute atomic E-state index is 13.1. The summed E-state index contributed by atoms with van der Waals surface area (Å²) >= 11 is 1.43. The molecule has 1 heterocycles. The minimum absolute atomic E-state index is 0. The molecule has 0 saturated carbocycles. The van der Waals surface area contributed by atoms with Crippen LogP contribution in [0.5, 0.6) is 0 Å². The average molecular weight is 476 g/mol. The summed E-state index contributed by atoms with van der Waals surface area (Å²) in [5.74, 6) is 0.348. The Balaban J connectivity index is 0.00000312. The second-order valence-electron chi connectivity index (χ2n) is 5.07. The van der Waals surface area contributed by atoms with Crippen LogP contribution < -0.4 is 16.0 Å². The smallest absolute Gasteiger partial charge is 0.261 e. The summed E-state index contributed by atoms with van der Waals surface area (Å²) in [4.78, 5) is 16.6. The Bertz CT molecular complexity index is 679. The minimum atomic E-state index is -0.251. The van der Waals surface area contributed by atoms with E-state index in [2.05, 4.69) is 20.9 Å². The molecule has 1 aromatic heterocycles. The van der Waals surface area contributed by atoms with Crippen LogP contribution in [0.1, 0.15) is 21.7 Å². The molecular formula is C17H22FIN4OS. The van der Waals surface area contributed by atoms with Crippen molar-refractivity contribution in [2.45, 2.75) is 13.0 Å². The van der Waals surface area contributed by atoms with E-state index in [0.717, 1.165) is 16.9 Å². The number of aliphatic imine (C=N–C) groups is 1. The van der Waals surface area contributed by atoms with E-state index >= 15 is 0 Å². The zero-order valence-corrected chi connectivity index (χ0v) is 17.1. The predicted molar refractivity (Wildman–Crippen MR) is 111 cm³/mol. The Morgan fingerprint density at radius 3 is 2.64 bits per heavy atom. The first-order valence-electron chi connectivity index (χ1n) is 7.69. The van der Waals surface area contributed by atoms with Crippen molar-refractivity contribution >= 4 is 47.2 Å². The first kappa shape index (κ1) is 21.4. The summed E-state index contributed by atoms with van der Waals surface area (Å²) in [6, 6.07) is 10.1. The number of hydrogen-bond donors (Lipinski definition) is 3. The van der Waals surface area contributed by atoms with Crippen LogP contribution in [0.2, 0.25) is 0 Å². The molecule has 3 N–H and O–H groups in total. The van der Waals surface area contributed by atoms with Gasteiger partial charge in [0.25, 0.3) is 5.91 Å². The van der Waals surface area contributed by atoms with Gasteiger partial charge in [-0.2, -0.15) is 0 Å². The van der Waals surface area contributed by atoms with Gasteiger partial charge in [-0.3, -0.25) is 9.79 Å². The monoisotopic (exact) mass is 476 g/mol. The highest BCUT2D eigenvalue weighted by atomic mass is 127. The number of carbonyl (C=O) groups is 1. The van der Waals surface area contributed by atoms with Crippen LogP contribution in [0, 0.1) is 5.82 Å². The second kappa shape index (κ2) is 11.8. The van der Waals surface area contributed by atoms with Crippen molar-refractivity contribution < 1.29 is 9.18 Å². The maximum Gasteiger partial charge on any atom is 0.261 e. The zero-order valence-electron chi connectivity index (χ0n) is 13.9. The Labute approximate surface area is 168 Å². The molecular weight excluding hydrogens is 454 g/mol. The average Bonchev–Trinajstić information content (AvgIpc) is 3.12. The summed E-state index contributed by atoms with van der Waals surface area (Å²) in [6.45, 7) is 1.75. The topological polar surface area (TPSA) is 65.5 Å². The van der Waals surface area contributed by atoms with Crippen LogP contribution in [0.15, 0.2) is 46.8 Å². The van der Waals surface area contributed by atoms with Gasteiger partial charge in [0, 0.05) is 26.7 Å². The van der Waals surface area contributed by atoms with Crippen LogP contribution in [-0.2, 0) is 6.54 Å². The first-order valence-corrected chi connectivity index (χ1v) is 8.57. The fourth-order valence-electron chi connectivity index (χ4n) is 2.05. The van der Waals surface area contributed by atoms with Crippen LogP contribution in [-0.4, -0.2) is 32.0 Å². The number of rotatable bonds is 7. The molecule has 0 spiro atoms. The molecule has 1 aromatic carbocycles. The van der Waals surface area contributed by atoms with Crippen molar-refractivity contribution in [3.63, 3.8) is 0 Å². The summed E-state index contributed by atoms with van der Waals surface area (Å²) < 4.78 is 13.1. The molecule has 136 valence electrons. The van der Waals surface area contributed by atoms with Crippen molar-refractivity contribution in [2.75, 3.05) is 20.1 Å². The van der Waals surface area contributed by atoms with Crippen LogP contribution in [0.3, 0.4) is 0 Å². The third kappa shape index (κ3) is 7.82. The largest absolute Gasteiger partial charge is 0.356 e. The Morgan fingerprint density at radius 2 is 1.96 bits per heavy atom. The van der Waals surface area contributed by atoms with Gasteiger partial charge in [-0.25, -0.2) is 4.39 Å². The summed E-state index contributed by atoms with van der Waals surface area (Å²) in [7, 11) is 1.68. The Morgan fingerprint density at radius 1 is 1.16 bits per heavy atom. The van der Waals surface area contributed by atoms with Crippen LogP contribution >= 0.6 is 35.3 Å². The first-order chi connectivity index (χ1) is 11.7. The highest BCUT2D eigenvalue weighted by Gasteiger charge is 2.04. The molecule has 0 radical (unpaired) electrons. The summed E-state index contributed by atoms with van der Waals surface area (Å²) in [5, 5.41) is 11.0. The molecule has 0 saturated heterocycles. The molecule has 5 nitrogen and oxygen atoms in total.